The first-order valence-corrected chi connectivity index (χ1v) is 6.27. The van der Waals surface area contributed by atoms with Crippen molar-refractivity contribution in [1.29, 1.82) is 0 Å². The van der Waals surface area contributed by atoms with Gasteiger partial charge in [-0.3, -0.25) is 0 Å². The van der Waals surface area contributed by atoms with E-state index in [2.05, 4.69) is 4.74 Å². The van der Waals surface area contributed by atoms with Gasteiger partial charge >= 0.3 is 6.36 Å². The standard InChI is InChI=1S/C14H11ClF3NO2/c15-10-1-6-13(9(7-10)8-19)20-11-2-4-12(5-3-11)21-14(16,17)18/h1-7H,8,19H2. The first kappa shape index (κ1) is 15.5. The van der Waals surface area contributed by atoms with Gasteiger partial charge in [0.25, 0.3) is 0 Å². The molecule has 0 radical (unpaired) electrons. The van der Waals surface area contributed by atoms with E-state index >= 15 is 0 Å². The average molecular weight is 318 g/mol. The SMILES string of the molecule is NCc1cc(Cl)ccc1Oc1ccc(OC(F)(F)F)cc1. The normalized spacial score (nSPS) is 11.3. The molecule has 0 amide bonds. The van der Waals surface area contributed by atoms with Crippen molar-refractivity contribution in [3.05, 3.63) is 53.1 Å². The molecule has 7 heteroatoms. The van der Waals surface area contributed by atoms with Crippen LogP contribution in [0.3, 0.4) is 0 Å². The second kappa shape index (κ2) is 6.24. The molecular formula is C14H11ClF3NO2. The zero-order valence-electron chi connectivity index (χ0n) is 10.7. The first-order chi connectivity index (χ1) is 9.87. The Kier molecular flexibility index (Phi) is 4.59. The molecule has 0 spiro atoms. The summed E-state index contributed by atoms with van der Waals surface area (Å²) in [4.78, 5) is 0. The van der Waals surface area contributed by atoms with E-state index in [0.717, 1.165) is 0 Å². The fourth-order valence-electron chi connectivity index (χ4n) is 1.64. The number of rotatable bonds is 4. The van der Waals surface area contributed by atoms with Crippen LogP contribution >= 0.6 is 11.6 Å². The van der Waals surface area contributed by atoms with Crippen LogP contribution in [0.1, 0.15) is 5.56 Å². The number of benzene rings is 2. The fraction of sp³-hybridized carbons (Fsp3) is 0.143. The summed E-state index contributed by atoms with van der Waals surface area (Å²) in [5, 5.41) is 0.525. The second-order valence-corrected chi connectivity index (χ2v) is 4.51. The van der Waals surface area contributed by atoms with Crippen molar-refractivity contribution in [2.24, 2.45) is 5.73 Å². The Balaban J connectivity index is 2.14. The third kappa shape index (κ3) is 4.54. The Hall–Kier alpha value is -1.92. The Bertz CT molecular complexity index is 615. The largest absolute Gasteiger partial charge is 0.573 e. The van der Waals surface area contributed by atoms with Crippen LogP contribution < -0.4 is 15.2 Å². The van der Waals surface area contributed by atoms with Crippen LogP contribution in [0.2, 0.25) is 5.02 Å². The van der Waals surface area contributed by atoms with E-state index in [1.807, 2.05) is 0 Å². The van der Waals surface area contributed by atoms with Gasteiger partial charge in [-0.2, -0.15) is 0 Å². The molecule has 3 nitrogen and oxygen atoms in total. The summed E-state index contributed by atoms with van der Waals surface area (Å²) >= 11 is 5.85. The van der Waals surface area contributed by atoms with E-state index in [1.165, 1.54) is 24.3 Å². The molecule has 0 fully saturated rings. The Morgan fingerprint density at radius 1 is 1.00 bits per heavy atom. The third-order valence-corrected chi connectivity index (χ3v) is 2.76. The highest BCUT2D eigenvalue weighted by Gasteiger charge is 2.30. The maximum absolute atomic E-state index is 12.0. The molecule has 21 heavy (non-hydrogen) atoms. The van der Waals surface area contributed by atoms with Gasteiger partial charge in [-0.05, 0) is 42.5 Å². The molecule has 0 aliphatic heterocycles. The van der Waals surface area contributed by atoms with E-state index in [4.69, 9.17) is 22.1 Å². The molecule has 0 saturated heterocycles. The van der Waals surface area contributed by atoms with E-state index in [-0.39, 0.29) is 12.3 Å². The molecule has 0 aliphatic rings. The predicted octanol–water partition coefficient (Wildman–Crippen LogP) is 4.49. The smallest absolute Gasteiger partial charge is 0.457 e. The lowest BCUT2D eigenvalue weighted by atomic mass is 10.2. The van der Waals surface area contributed by atoms with Crippen LogP contribution in [0.25, 0.3) is 0 Å². The summed E-state index contributed by atoms with van der Waals surface area (Å²) in [7, 11) is 0. The molecule has 112 valence electrons. The van der Waals surface area contributed by atoms with Crippen LogP contribution in [-0.2, 0) is 6.54 Å². The van der Waals surface area contributed by atoms with Gasteiger partial charge in [-0.1, -0.05) is 11.6 Å². The van der Waals surface area contributed by atoms with Crippen molar-refractivity contribution in [3.63, 3.8) is 0 Å². The maximum Gasteiger partial charge on any atom is 0.573 e. The van der Waals surface area contributed by atoms with E-state index in [1.54, 1.807) is 18.2 Å². The van der Waals surface area contributed by atoms with Crippen LogP contribution in [-0.4, -0.2) is 6.36 Å². The molecule has 0 atom stereocenters. The molecule has 2 N–H and O–H groups in total. The van der Waals surface area contributed by atoms with E-state index < -0.39 is 6.36 Å². The van der Waals surface area contributed by atoms with Crippen LogP contribution in [0.5, 0.6) is 17.2 Å². The number of hydrogen-bond donors (Lipinski definition) is 1. The van der Waals surface area contributed by atoms with Crippen molar-refractivity contribution in [1.82, 2.24) is 0 Å². The molecular weight excluding hydrogens is 307 g/mol. The Morgan fingerprint density at radius 2 is 1.62 bits per heavy atom. The highest BCUT2D eigenvalue weighted by Crippen LogP contribution is 2.30. The summed E-state index contributed by atoms with van der Waals surface area (Å²) in [5.41, 5.74) is 6.28. The van der Waals surface area contributed by atoms with Gasteiger partial charge < -0.3 is 15.2 Å². The maximum atomic E-state index is 12.0. The van der Waals surface area contributed by atoms with Gasteiger partial charge in [0, 0.05) is 17.1 Å². The minimum absolute atomic E-state index is 0.227. The highest BCUT2D eigenvalue weighted by molar-refractivity contribution is 6.30. The lowest BCUT2D eigenvalue weighted by Gasteiger charge is -2.12. The summed E-state index contributed by atoms with van der Waals surface area (Å²) < 4.78 is 45.5. The van der Waals surface area contributed by atoms with E-state index in [9.17, 15) is 13.2 Å². The van der Waals surface area contributed by atoms with Crippen molar-refractivity contribution in [2.75, 3.05) is 0 Å². The molecule has 0 bridgehead atoms. The molecule has 0 saturated carbocycles. The fourth-order valence-corrected chi connectivity index (χ4v) is 1.84. The van der Waals surface area contributed by atoms with Crippen molar-refractivity contribution in [3.8, 4) is 17.2 Å². The summed E-state index contributed by atoms with van der Waals surface area (Å²) in [5.74, 6) is 0.540. The predicted molar refractivity (Wildman–Crippen MR) is 72.5 cm³/mol. The lowest BCUT2D eigenvalue weighted by Crippen LogP contribution is -2.16. The molecule has 0 heterocycles. The number of nitrogens with two attached hydrogens (primary N) is 1. The highest BCUT2D eigenvalue weighted by atomic mass is 35.5. The topological polar surface area (TPSA) is 44.5 Å². The zero-order chi connectivity index (χ0) is 15.5. The monoisotopic (exact) mass is 317 g/mol. The zero-order valence-corrected chi connectivity index (χ0v) is 11.4. The van der Waals surface area contributed by atoms with Crippen LogP contribution in [0.4, 0.5) is 13.2 Å². The number of halogens is 4. The molecule has 0 aliphatic carbocycles. The average Bonchev–Trinajstić information content (AvgIpc) is 2.41. The summed E-state index contributed by atoms with van der Waals surface area (Å²) in [6.45, 7) is 0.227. The van der Waals surface area contributed by atoms with E-state index in [0.29, 0.717) is 22.1 Å². The van der Waals surface area contributed by atoms with Crippen molar-refractivity contribution in [2.45, 2.75) is 12.9 Å². The molecule has 2 rings (SSSR count). The third-order valence-electron chi connectivity index (χ3n) is 2.53. The van der Waals surface area contributed by atoms with Crippen molar-refractivity contribution < 1.29 is 22.6 Å². The number of ether oxygens (including phenoxy) is 2. The van der Waals surface area contributed by atoms with Crippen LogP contribution in [0, 0.1) is 0 Å². The quantitative estimate of drug-likeness (QED) is 0.903. The summed E-state index contributed by atoms with van der Waals surface area (Å²) in [6, 6.07) is 10.0. The Morgan fingerprint density at radius 3 is 2.19 bits per heavy atom. The van der Waals surface area contributed by atoms with Crippen LogP contribution in [0.15, 0.2) is 42.5 Å². The molecule has 2 aromatic carbocycles. The van der Waals surface area contributed by atoms with Gasteiger partial charge in [0.2, 0.25) is 0 Å². The minimum atomic E-state index is -4.72. The number of hydrogen-bond acceptors (Lipinski definition) is 3. The molecule has 0 unspecified atom stereocenters. The summed E-state index contributed by atoms with van der Waals surface area (Å²) in [6.07, 6.45) is -4.72. The van der Waals surface area contributed by atoms with Gasteiger partial charge in [0.05, 0.1) is 0 Å². The molecule has 0 aromatic heterocycles. The van der Waals surface area contributed by atoms with Gasteiger partial charge in [0.1, 0.15) is 17.2 Å². The van der Waals surface area contributed by atoms with Gasteiger partial charge in [-0.25, -0.2) is 0 Å². The number of alkyl halides is 3. The second-order valence-electron chi connectivity index (χ2n) is 4.08. The van der Waals surface area contributed by atoms with Crippen molar-refractivity contribution >= 4 is 11.6 Å². The first-order valence-electron chi connectivity index (χ1n) is 5.89. The van der Waals surface area contributed by atoms with Gasteiger partial charge in [-0.15, -0.1) is 13.2 Å². The lowest BCUT2D eigenvalue weighted by molar-refractivity contribution is -0.274. The van der Waals surface area contributed by atoms with Gasteiger partial charge in [0.15, 0.2) is 0 Å². The minimum Gasteiger partial charge on any atom is -0.457 e. The Labute approximate surface area is 124 Å². The molecule has 2 aromatic rings.